The maximum absolute atomic E-state index is 4.08. The number of anilines is 1. The molecule has 1 aromatic carbocycles. The van der Waals surface area contributed by atoms with Crippen LogP contribution in [0.1, 0.15) is 23.5 Å². The average molecular weight is 210 g/mol. The fourth-order valence-corrected chi connectivity index (χ4v) is 2.41. The van der Waals surface area contributed by atoms with Crippen LogP contribution < -0.4 is 5.32 Å². The SMILES string of the molecule is c1ccc2c(c1)NCC[C@@H]2c1ccncc1. The Morgan fingerprint density at radius 1 is 1.06 bits per heavy atom. The average Bonchev–Trinajstić information content (AvgIpc) is 2.39. The van der Waals surface area contributed by atoms with Crippen LogP contribution in [-0.4, -0.2) is 11.5 Å². The molecule has 1 N–H and O–H groups in total. The molecule has 2 heteroatoms. The molecule has 0 saturated heterocycles. The first kappa shape index (κ1) is 9.40. The summed E-state index contributed by atoms with van der Waals surface area (Å²) in [4.78, 5) is 4.08. The highest BCUT2D eigenvalue weighted by Gasteiger charge is 2.20. The number of nitrogens with zero attached hydrogens (tertiary/aromatic N) is 1. The third-order valence-electron chi connectivity index (χ3n) is 3.19. The van der Waals surface area contributed by atoms with Gasteiger partial charge in [0.25, 0.3) is 0 Å². The van der Waals surface area contributed by atoms with Crippen LogP contribution in [-0.2, 0) is 0 Å². The van der Waals surface area contributed by atoms with Crippen LogP contribution in [0.15, 0.2) is 48.8 Å². The molecule has 1 atom stereocenters. The molecule has 0 saturated carbocycles. The molecule has 0 unspecified atom stereocenters. The highest BCUT2D eigenvalue weighted by molar-refractivity contribution is 5.57. The molecule has 0 aliphatic carbocycles. The Morgan fingerprint density at radius 2 is 1.88 bits per heavy atom. The number of pyridine rings is 1. The number of hydrogen-bond donors (Lipinski definition) is 1. The maximum Gasteiger partial charge on any atom is 0.0379 e. The van der Waals surface area contributed by atoms with Gasteiger partial charge in [0, 0.05) is 30.5 Å². The van der Waals surface area contributed by atoms with Gasteiger partial charge in [-0.25, -0.2) is 0 Å². The summed E-state index contributed by atoms with van der Waals surface area (Å²) in [5.41, 5.74) is 4.04. The van der Waals surface area contributed by atoms with E-state index in [0.29, 0.717) is 5.92 Å². The molecule has 0 bridgehead atoms. The standard InChI is InChI=1S/C14H14N2/c1-2-4-14-13(3-1)12(7-10-16-14)11-5-8-15-9-6-11/h1-6,8-9,12,16H,7,10H2/t12-/m1/s1. The van der Waals surface area contributed by atoms with E-state index in [-0.39, 0.29) is 0 Å². The summed E-state index contributed by atoms with van der Waals surface area (Å²) >= 11 is 0. The Kier molecular flexibility index (Phi) is 2.33. The third kappa shape index (κ3) is 1.56. The molecule has 2 aromatic rings. The van der Waals surface area contributed by atoms with Crippen molar-refractivity contribution >= 4 is 5.69 Å². The Hall–Kier alpha value is -1.83. The summed E-state index contributed by atoms with van der Waals surface area (Å²) in [7, 11) is 0. The quantitative estimate of drug-likeness (QED) is 0.782. The van der Waals surface area contributed by atoms with E-state index in [4.69, 9.17) is 0 Å². The zero-order valence-electron chi connectivity index (χ0n) is 9.06. The molecule has 3 rings (SSSR count). The number of nitrogens with one attached hydrogen (secondary N) is 1. The molecule has 1 aliphatic rings. The van der Waals surface area contributed by atoms with Gasteiger partial charge in [-0.3, -0.25) is 4.98 Å². The molecule has 2 heterocycles. The summed E-state index contributed by atoms with van der Waals surface area (Å²) in [5.74, 6) is 0.514. The molecule has 0 radical (unpaired) electrons. The van der Waals surface area contributed by atoms with Crippen molar-refractivity contribution in [2.24, 2.45) is 0 Å². The molecule has 16 heavy (non-hydrogen) atoms. The number of aromatic nitrogens is 1. The maximum atomic E-state index is 4.08. The lowest BCUT2D eigenvalue weighted by atomic mass is 9.86. The summed E-state index contributed by atoms with van der Waals surface area (Å²) in [6, 6.07) is 12.8. The zero-order valence-corrected chi connectivity index (χ0v) is 9.06. The van der Waals surface area contributed by atoms with Gasteiger partial charge in [-0.2, -0.15) is 0 Å². The molecule has 0 spiro atoms. The molecular formula is C14H14N2. The Morgan fingerprint density at radius 3 is 2.75 bits per heavy atom. The van der Waals surface area contributed by atoms with Gasteiger partial charge in [-0.1, -0.05) is 18.2 Å². The second-order valence-corrected chi connectivity index (χ2v) is 4.14. The second kappa shape index (κ2) is 3.97. The van der Waals surface area contributed by atoms with E-state index in [1.54, 1.807) is 0 Å². The molecule has 80 valence electrons. The van der Waals surface area contributed by atoms with E-state index in [1.165, 1.54) is 16.8 Å². The summed E-state index contributed by atoms with van der Waals surface area (Å²) in [6.07, 6.45) is 4.90. The van der Waals surface area contributed by atoms with Crippen LogP contribution in [0.25, 0.3) is 0 Å². The minimum absolute atomic E-state index is 0.514. The number of benzene rings is 1. The van der Waals surface area contributed by atoms with Gasteiger partial charge >= 0.3 is 0 Å². The molecule has 0 fully saturated rings. The third-order valence-corrected chi connectivity index (χ3v) is 3.19. The topological polar surface area (TPSA) is 24.9 Å². The van der Waals surface area contributed by atoms with E-state index in [2.05, 4.69) is 46.7 Å². The van der Waals surface area contributed by atoms with Crippen LogP contribution in [0, 0.1) is 0 Å². The molecule has 0 amide bonds. The van der Waals surface area contributed by atoms with Crippen molar-refractivity contribution in [2.75, 3.05) is 11.9 Å². The van der Waals surface area contributed by atoms with Crippen molar-refractivity contribution in [1.82, 2.24) is 4.98 Å². The number of para-hydroxylation sites is 1. The second-order valence-electron chi connectivity index (χ2n) is 4.14. The minimum atomic E-state index is 0.514. The summed E-state index contributed by atoms with van der Waals surface area (Å²) in [5, 5.41) is 3.45. The van der Waals surface area contributed by atoms with E-state index in [1.807, 2.05) is 12.4 Å². The fourth-order valence-electron chi connectivity index (χ4n) is 2.41. The van der Waals surface area contributed by atoms with Crippen LogP contribution in [0.3, 0.4) is 0 Å². The smallest absolute Gasteiger partial charge is 0.0379 e. The van der Waals surface area contributed by atoms with Crippen molar-refractivity contribution in [3.8, 4) is 0 Å². The van der Waals surface area contributed by atoms with E-state index >= 15 is 0 Å². The van der Waals surface area contributed by atoms with Crippen LogP contribution >= 0.6 is 0 Å². The Labute approximate surface area is 95.3 Å². The predicted molar refractivity (Wildman–Crippen MR) is 65.6 cm³/mol. The lowest BCUT2D eigenvalue weighted by Gasteiger charge is -2.26. The number of rotatable bonds is 1. The van der Waals surface area contributed by atoms with Crippen LogP contribution in [0.5, 0.6) is 0 Å². The first-order chi connectivity index (χ1) is 7.95. The van der Waals surface area contributed by atoms with Crippen molar-refractivity contribution in [1.29, 1.82) is 0 Å². The fraction of sp³-hybridized carbons (Fsp3) is 0.214. The lowest BCUT2D eigenvalue weighted by Crippen LogP contribution is -2.17. The van der Waals surface area contributed by atoms with Crippen molar-refractivity contribution in [3.63, 3.8) is 0 Å². The van der Waals surface area contributed by atoms with E-state index < -0.39 is 0 Å². The highest BCUT2D eigenvalue weighted by atomic mass is 14.9. The Balaban J connectivity index is 2.05. The zero-order chi connectivity index (χ0) is 10.8. The van der Waals surface area contributed by atoms with Crippen molar-refractivity contribution < 1.29 is 0 Å². The highest BCUT2D eigenvalue weighted by Crippen LogP contribution is 2.35. The molecule has 1 aromatic heterocycles. The van der Waals surface area contributed by atoms with Gasteiger partial charge in [0.1, 0.15) is 0 Å². The lowest BCUT2D eigenvalue weighted by molar-refractivity contribution is 0.719. The molecular weight excluding hydrogens is 196 g/mol. The summed E-state index contributed by atoms with van der Waals surface area (Å²) < 4.78 is 0. The normalized spacial score (nSPS) is 18.6. The minimum Gasteiger partial charge on any atom is -0.385 e. The van der Waals surface area contributed by atoms with Gasteiger partial charge in [-0.15, -0.1) is 0 Å². The molecule has 2 nitrogen and oxygen atoms in total. The first-order valence-corrected chi connectivity index (χ1v) is 5.68. The van der Waals surface area contributed by atoms with Gasteiger partial charge in [0.05, 0.1) is 0 Å². The predicted octanol–water partition coefficient (Wildman–Crippen LogP) is 3.03. The first-order valence-electron chi connectivity index (χ1n) is 5.68. The van der Waals surface area contributed by atoms with E-state index in [9.17, 15) is 0 Å². The Bertz CT molecular complexity index is 479. The van der Waals surface area contributed by atoms with Crippen molar-refractivity contribution in [3.05, 3.63) is 59.9 Å². The number of fused-ring (bicyclic) bond motifs is 1. The van der Waals surface area contributed by atoms with E-state index in [0.717, 1.165) is 13.0 Å². The largest absolute Gasteiger partial charge is 0.385 e. The van der Waals surface area contributed by atoms with Gasteiger partial charge in [0.2, 0.25) is 0 Å². The van der Waals surface area contributed by atoms with Gasteiger partial charge in [-0.05, 0) is 35.7 Å². The van der Waals surface area contributed by atoms with Gasteiger partial charge < -0.3 is 5.32 Å². The van der Waals surface area contributed by atoms with Gasteiger partial charge in [0.15, 0.2) is 0 Å². The molecule has 1 aliphatic heterocycles. The van der Waals surface area contributed by atoms with Crippen LogP contribution in [0.4, 0.5) is 5.69 Å². The monoisotopic (exact) mass is 210 g/mol. The summed E-state index contributed by atoms with van der Waals surface area (Å²) in [6.45, 7) is 1.05. The van der Waals surface area contributed by atoms with Crippen LogP contribution in [0.2, 0.25) is 0 Å². The van der Waals surface area contributed by atoms with Crippen molar-refractivity contribution in [2.45, 2.75) is 12.3 Å². The number of hydrogen-bond acceptors (Lipinski definition) is 2.